The molecule has 0 unspecified atom stereocenters. The molecule has 0 aliphatic carbocycles. The molecule has 6 nitrogen and oxygen atoms in total. The van der Waals surface area contributed by atoms with Crippen molar-refractivity contribution in [1.29, 1.82) is 0 Å². The summed E-state index contributed by atoms with van der Waals surface area (Å²) in [6, 6.07) is 0. The zero-order chi connectivity index (χ0) is 9.42. The molecule has 0 bridgehead atoms. The van der Waals surface area contributed by atoms with Crippen molar-refractivity contribution in [3.63, 3.8) is 0 Å². The van der Waals surface area contributed by atoms with Crippen LogP contribution in [0.1, 0.15) is 5.69 Å². The van der Waals surface area contributed by atoms with Gasteiger partial charge >= 0.3 is 5.69 Å². The van der Waals surface area contributed by atoms with Crippen molar-refractivity contribution in [3.05, 3.63) is 28.3 Å². The number of nitro groups is 1. The van der Waals surface area contributed by atoms with Gasteiger partial charge < -0.3 is 4.98 Å². The summed E-state index contributed by atoms with van der Waals surface area (Å²) in [4.78, 5) is 20.6. The SMILES string of the molecule is Cc1ncnc2c([N+](=O)[O-])c[nH]c12. The zero-order valence-electron chi connectivity index (χ0n) is 6.81. The number of H-pyrrole nitrogens is 1. The maximum absolute atomic E-state index is 10.5. The van der Waals surface area contributed by atoms with E-state index in [1.54, 1.807) is 6.92 Å². The lowest BCUT2D eigenvalue weighted by Gasteiger charge is -1.91. The second kappa shape index (κ2) is 2.51. The van der Waals surface area contributed by atoms with E-state index in [0.717, 1.165) is 0 Å². The molecule has 1 N–H and O–H groups in total. The molecule has 0 aliphatic rings. The molecule has 0 saturated carbocycles. The topological polar surface area (TPSA) is 84.7 Å². The van der Waals surface area contributed by atoms with Gasteiger partial charge in [0.05, 0.1) is 22.3 Å². The Labute approximate surface area is 72.8 Å². The Morgan fingerprint density at radius 2 is 2.31 bits per heavy atom. The maximum Gasteiger partial charge on any atom is 0.312 e. The van der Waals surface area contributed by atoms with Gasteiger partial charge in [-0.1, -0.05) is 0 Å². The molecular weight excluding hydrogens is 172 g/mol. The lowest BCUT2D eigenvalue weighted by atomic mass is 10.3. The minimum atomic E-state index is -0.467. The lowest BCUT2D eigenvalue weighted by Crippen LogP contribution is -1.89. The van der Waals surface area contributed by atoms with E-state index in [9.17, 15) is 10.1 Å². The van der Waals surface area contributed by atoms with Gasteiger partial charge in [-0.2, -0.15) is 0 Å². The fourth-order valence-corrected chi connectivity index (χ4v) is 1.19. The lowest BCUT2D eigenvalue weighted by molar-refractivity contribution is -0.383. The van der Waals surface area contributed by atoms with Gasteiger partial charge in [0.25, 0.3) is 0 Å². The monoisotopic (exact) mass is 178 g/mol. The number of nitrogens with one attached hydrogen (secondary N) is 1. The van der Waals surface area contributed by atoms with Crippen molar-refractivity contribution in [3.8, 4) is 0 Å². The first-order valence-electron chi connectivity index (χ1n) is 3.63. The third-order valence-electron chi connectivity index (χ3n) is 1.83. The minimum absolute atomic E-state index is 0.0134. The minimum Gasteiger partial charge on any atom is -0.352 e. The molecular formula is C7H6N4O2. The van der Waals surface area contributed by atoms with Gasteiger partial charge in [0.1, 0.15) is 6.33 Å². The number of rotatable bonds is 1. The molecule has 13 heavy (non-hydrogen) atoms. The average Bonchev–Trinajstić information content (AvgIpc) is 2.48. The molecule has 2 rings (SSSR count). The van der Waals surface area contributed by atoms with E-state index >= 15 is 0 Å². The highest BCUT2D eigenvalue weighted by Crippen LogP contribution is 2.23. The Morgan fingerprint density at radius 3 is 3.00 bits per heavy atom. The first kappa shape index (κ1) is 7.66. The Morgan fingerprint density at radius 1 is 1.54 bits per heavy atom. The highest BCUT2D eigenvalue weighted by atomic mass is 16.6. The van der Waals surface area contributed by atoms with Crippen LogP contribution in [0.15, 0.2) is 12.5 Å². The van der Waals surface area contributed by atoms with E-state index < -0.39 is 4.92 Å². The molecule has 0 atom stereocenters. The van der Waals surface area contributed by atoms with E-state index in [0.29, 0.717) is 16.7 Å². The first-order chi connectivity index (χ1) is 6.20. The van der Waals surface area contributed by atoms with Crippen molar-refractivity contribution < 1.29 is 4.92 Å². The van der Waals surface area contributed by atoms with E-state index in [1.165, 1.54) is 12.5 Å². The van der Waals surface area contributed by atoms with Gasteiger partial charge in [0.15, 0.2) is 5.52 Å². The summed E-state index contributed by atoms with van der Waals surface area (Å²) < 4.78 is 0. The molecule has 2 heterocycles. The second-order valence-electron chi connectivity index (χ2n) is 2.61. The molecule has 0 spiro atoms. The molecule has 2 aromatic rings. The first-order valence-corrected chi connectivity index (χ1v) is 3.63. The number of hydrogen-bond donors (Lipinski definition) is 1. The highest BCUT2D eigenvalue weighted by molar-refractivity contribution is 5.85. The van der Waals surface area contributed by atoms with E-state index in [4.69, 9.17) is 0 Å². The number of fused-ring (bicyclic) bond motifs is 1. The number of aromatic amines is 1. The van der Waals surface area contributed by atoms with Crippen LogP contribution in [0.4, 0.5) is 5.69 Å². The Bertz CT molecular complexity index is 476. The molecule has 0 aromatic carbocycles. The van der Waals surface area contributed by atoms with Gasteiger partial charge in [-0.15, -0.1) is 0 Å². The third-order valence-corrected chi connectivity index (χ3v) is 1.83. The summed E-state index contributed by atoms with van der Waals surface area (Å²) in [5.74, 6) is 0. The van der Waals surface area contributed by atoms with E-state index in [-0.39, 0.29) is 5.69 Å². The van der Waals surface area contributed by atoms with Crippen LogP contribution in [0, 0.1) is 17.0 Å². The predicted octanol–water partition coefficient (Wildman–Crippen LogP) is 1.17. The van der Waals surface area contributed by atoms with Crippen LogP contribution in [0.3, 0.4) is 0 Å². The van der Waals surface area contributed by atoms with Gasteiger partial charge in [-0.3, -0.25) is 10.1 Å². The summed E-state index contributed by atoms with van der Waals surface area (Å²) in [6.07, 6.45) is 2.64. The number of aromatic nitrogens is 3. The fourth-order valence-electron chi connectivity index (χ4n) is 1.19. The van der Waals surface area contributed by atoms with Crippen LogP contribution in [-0.2, 0) is 0 Å². The molecule has 66 valence electrons. The second-order valence-corrected chi connectivity index (χ2v) is 2.61. The smallest absolute Gasteiger partial charge is 0.312 e. The molecule has 6 heteroatoms. The van der Waals surface area contributed by atoms with Crippen LogP contribution < -0.4 is 0 Å². The van der Waals surface area contributed by atoms with E-state index in [2.05, 4.69) is 15.0 Å². The van der Waals surface area contributed by atoms with Crippen molar-refractivity contribution >= 4 is 16.7 Å². The van der Waals surface area contributed by atoms with Crippen LogP contribution in [-0.4, -0.2) is 19.9 Å². The average molecular weight is 178 g/mol. The van der Waals surface area contributed by atoms with Crippen molar-refractivity contribution in [2.24, 2.45) is 0 Å². The molecule has 2 aromatic heterocycles. The quantitative estimate of drug-likeness (QED) is 0.524. The van der Waals surface area contributed by atoms with E-state index in [1.807, 2.05) is 0 Å². The number of hydrogen-bond acceptors (Lipinski definition) is 4. The maximum atomic E-state index is 10.5. The third kappa shape index (κ3) is 1.03. The Hall–Kier alpha value is -1.98. The van der Waals surface area contributed by atoms with Crippen molar-refractivity contribution in [1.82, 2.24) is 15.0 Å². The molecule has 0 aliphatic heterocycles. The summed E-state index contributed by atoms with van der Waals surface area (Å²) in [5, 5.41) is 10.5. The Balaban J connectivity index is 2.83. The van der Waals surface area contributed by atoms with Crippen molar-refractivity contribution in [2.75, 3.05) is 0 Å². The standard InChI is InChI=1S/C7H6N4O2/c1-4-6-7(10-3-9-4)5(2-8-6)11(12)13/h2-3,8H,1H3. The van der Waals surface area contributed by atoms with Gasteiger partial charge in [-0.05, 0) is 6.92 Å². The molecule has 0 fully saturated rings. The van der Waals surface area contributed by atoms with Crippen LogP contribution in [0.5, 0.6) is 0 Å². The highest BCUT2D eigenvalue weighted by Gasteiger charge is 2.15. The van der Waals surface area contributed by atoms with Crippen molar-refractivity contribution in [2.45, 2.75) is 6.92 Å². The fraction of sp³-hybridized carbons (Fsp3) is 0.143. The summed E-state index contributed by atoms with van der Waals surface area (Å²) >= 11 is 0. The Kier molecular flexibility index (Phi) is 1.48. The molecule has 0 saturated heterocycles. The summed E-state index contributed by atoms with van der Waals surface area (Å²) in [7, 11) is 0. The zero-order valence-corrected chi connectivity index (χ0v) is 6.81. The van der Waals surface area contributed by atoms with Gasteiger partial charge in [0, 0.05) is 0 Å². The normalized spacial score (nSPS) is 10.5. The largest absolute Gasteiger partial charge is 0.352 e. The van der Waals surface area contributed by atoms with Crippen LogP contribution in [0.2, 0.25) is 0 Å². The van der Waals surface area contributed by atoms with Gasteiger partial charge in [0.2, 0.25) is 0 Å². The molecule has 0 radical (unpaired) electrons. The number of aryl methyl sites for hydroxylation is 1. The van der Waals surface area contributed by atoms with Crippen LogP contribution >= 0.6 is 0 Å². The van der Waals surface area contributed by atoms with Gasteiger partial charge in [-0.25, -0.2) is 9.97 Å². The number of nitrogens with zero attached hydrogens (tertiary/aromatic N) is 3. The summed E-state index contributed by atoms with van der Waals surface area (Å²) in [6.45, 7) is 1.77. The molecule has 0 amide bonds. The predicted molar refractivity (Wildman–Crippen MR) is 45.3 cm³/mol. The summed E-state index contributed by atoms with van der Waals surface area (Å²) in [5.41, 5.74) is 1.67. The van der Waals surface area contributed by atoms with Crippen LogP contribution in [0.25, 0.3) is 11.0 Å².